The molecule has 2 unspecified atom stereocenters. The lowest BCUT2D eigenvalue weighted by atomic mass is 9.44. The van der Waals surface area contributed by atoms with Crippen LogP contribution < -0.4 is 5.32 Å². The van der Waals surface area contributed by atoms with Crippen molar-refractivity contribution in [3.63, 3.8) is 0 Å². The molecule has 4 aromatic rings. The van der Waals surface area contributed by atoms with Crippen molar-refractivity contribution >= 4 is 41.5 Å². The minimum absolute atomic E-state index is 0.000664. The van der Waals surface area contributed by atoms with Gasteiger partial charge in [-0.1, -0.05) is 86.6 Å². The minimum Gasteiger partial charge on any atom is -0.455 e. The Labute approximate surface area is 412 Å². The van der Waals surface area contributed by atoms with Crippen molar-refractivity contribution in [2.75, 3.05) is 6.61 Å². The van der Waals surface area contributed by atoms with E-state index in [2.05, 4.69) is 5.32 Å². The van der Waals surface area contributed by atoms with Crippen LogP contribution in [0, 0.1) is 28.4 Å². The molecule has 3 fully saturated rings. The fourth-order valence-corrected chi connectivity index (χ4v) is 11.1. The SMILES string of the molecule is CC(=O)O[C@H]1C(=O)[C@@]2(C)C(C(OC(=O)c3ccccc3)[C@]3(O)C[C@H](OC(=O)[C@H](OC(=O)c4cccc(F)c4F)[C@@H](NC(=O)c4ccccc4)c4ccccc4)C(C)=C1C3(C)C)[C@]1(OC(C)=O)CO[C@@H]1C[C@@H]2O. The zero-order valence-corrected chi connectivity index (χ0v) is 40.1. The molecule has 1 aliphatic heterocycles. The first kappa shape index (κ1) is 51.2. The molecule has 3 N–H and O–H groups in total. The Morgan fingerprint density at radius 3 is 1.97 bits per heavy atom. The van der Waals surface area contributed by atoms with Gasteiger partial charge in [0, 0.05) is 37.7 Å². The van der Waals surface area contributed by atoms with Crippen molar-refractivity contribution in [1.82, 2.24) is 5.32 Å². The molecule has 4 aromatic carbocycles. The van der Waals surface area contributed by atoms with Crippen LogP contribution in [0.4, 0.5) is 8.78 Å². The van der Waals surface area contributed by atoms with Crippen LogP contribution in [0.5, 0.6) is 0 Å². The molecule has 16 nitrogen and oxygen atoms in total. The summed E-state index contributed by atoms with van der Waals surface area (Å²) in [5.74, 6) is -12.1. The first-order valence-electron chi connectivity index (χ1n) is 23.2. The number of ether oxygens (including phenoxy) is 6. The second kappa shape index (κ2) is 19.5. The van der Waals surface area contributed by atoms with Gasteiger partial charge in [-0.15, -0.1) is 0 Å². The van der Waals surface area contributed by atoms with Crippen LogP contribution in [-0.2, 0) is 47.6 Å². The van der Waals surface area contributed by atoms with Crippen molar-refractivity contribution in [2.45, 2.75) is 108 Å². The quantitative estimate of drug-likeness (QED) is 0.0856. The average Bonchev–Trinajstić information content (AvgIpc) is 3.34. The lowest BCUT2D eigenvalue weighted by molar-refractivity contribution is -0.346. The number of fused-ring (bicyclic) bond motifs is 5. The Bertz CT molecular complexity index is 2840. The molecule has 11 atom stereocenters. The summed E-state index contributed by atoms with van der Waals surface area (Å²) in [5, 5.41) is 28.8. The average molecular weight is 994 g/mol. The van der Waals surface area contributed by atoms with Crippen molar-refractivity contribution in [2.24, 2.45) is 16.7 Å². The highest BCUT2D eigenvalue weighted by Crippen LogP contribution is 2.64. The third-order valence-corrected chi connectivity index (χ3v) is 14.9. The van der Waals surface area contributed by atoms with Crippen LogP contribution in [0.2, 0.25) is 0 Å². The monoisotopic (exact) mass is 993 g/mol. The second-order valence-corrected chi connectivity index (χ2v) is 19.3. The number of esters is 5. The van der Waals surface area contributed by atoms with Crippen LogP contribution in [0.1, 0.15) is 97.1 Å². The Kier molecular flexibility index (Phi) is 13.8. The van der Waals surface area contributed by atoms with Gasteiger partial charge >= 0.3 is 29.8 Å². The number of aliphatic hydroxyl groups is 2. The third-order valence-electron chi connectivity index (χ3n) is 14.9. The number of hydrogen-bond acceptors (Lipinski definition) is 15. The van der Waals surface area contributed by atoms with Crippen LogP contribution in [0.25, 0.3) is 0 Å². The molecule has 8 rings (SSSR count). The summed E-state index contributed by atoms with van der Waals surface area (Å²) in [6.07, 6.45) is -11.6. The van der Waals surface area contributed by atoms with Crippen LogP contribution in [-0.4, -0.2) is 106 Å². The minimum atomic E-state index is -2.55. The van der Waals surface area contributed by atoms with E-state index in [9.17, 15) is 38.6 Å². The summed E-state index contributed by atoms with van der Waals surface area (Å²) < 4.78 is 66.2. The largest absolute Gasteiger partial charge is 0.455 e. The van der Waals surface area contributed by atoms with Crippen LogP contribution in [0.3, 0.4) is 0 Å². The zero-order valence-electron chi connectivity index (χ0n) is 40.1. The van der Waals surface area contributed by atoms with E-state index in [1.165, 1.54) is 64.1 Å². The summed E-state index contributed by atoms with van der Waals surface area (Å²) in [4.78, 5) is 99.6. The number of halogens is 2. The first-order valence-corrected chi connectivity index (χ1v) is 23.2. The van der Waals surface area contributed by atoms with Crippen molar-refractivity contribution < 1.29 is 81.0 Å². The summed E-state index contributed by atoms with van der Waals surface area (Å²) in [5.41, 5.74) is -9.08. The number of rotatable bonds is 12. The standard InChI is InChI=1S/C54H53F2NO15/c1-28-36(69-50(65)43(70-49(64)34-23-16-24-35(55)40(34)56)41(31-17-10-7-11-18-31)57-47(62)32-19-12-8-13-20-32)26-54(66)46(71-48(63)33-21-14-9-15-22-33)44-52(6,37(60)25-38-53(44,27-67-38)72-30(3)59)45(61)42(68-29(2)58)39(28)51(54,4)5/h7-24,36-38,41-44,46,60,66H,25-27H2,1-6H3,(H,57,62)/t36-,37-,38+,41-,42+,43+,44?,46?,52+,53-,54+/m0/s1. The van der Waals surface area contributed by atoms with E-state index in [1.807, 2.05) is 0 Å². The van der Waals surface area contributed by atoms with Crippen molar-refractivity contribution in [3.8, 4) is 0 Å². The molecular weight excluding hydrogens is 941 g/mol. The van der Waals surface area contributed by atoms with Gasteiger partial charge in [0.05, 0.1) is 35.2 Å². The molecule has 72 heavy (non-hydrogen) atoms. The van der Waals surface area contributed by atoms with E-state index in [4.69, 9.17) is 28.4 Å². The molecule has 0 spiro atoms. The predicted molar refractivity (Wildman–Crippen MR) is 247 cm³/mol. The molecule has 378 valence electrons. The number of nitrogens with one attached hydrogen (secondary N) is 1. The molecule has 18 heteroatoms. The molecule has 1 amide bonds. The van der Waals surface area contributed by atoms with Gasteiger partial charge in [0.1, 0.15) is 30.0 Å². The normalized spacial score (nSPS) is 28.9. The summed E-state index contributed by atoms with van der Waals surface area (Å²) in [7, 11) is 0. The molecule has 0 aromatic heterocycles. The van der Waals surface area contributed by atoms with Gasteiger partial charge < -0.3 is 44.0 Å². The van der Waals surface area contributed by atoms with Gasteiger partial charge in [0.25, 0.3) is 5.91 Å². The zero-order chi connectivity index (χ0) is 52.1. The fraction of sp³-hybridized carbons (Fsp3) is 0.389. The molecular formula is C54H53F2NO15. The maximum Gasteiger partial charge on any atom is 0.350 e. The highest BCUT2D eigenvalue weighted by molar-refractivity contribution is 5.97. The number of ketones is 1. The van der Waals surface area contributed by atoms with E-state index in [0.29, 0.717) is 0 Å². The summed E-state index contributed by atoms with van der Waals surface area (Å²) in [6.45, 7) is 7.53. The highest BCUT2D eigenvalue weighted by atomic mass is 19.2. The maximum atomic E-state index is 15.7. The van der Waals surface area contributed by atoms with Gasteiger partial charge in [0.2, 0.25) is 6.10 Å². The number of amides is 1. The number of benzene rings is 4. The first-order chi connectivity index (χ1) is 34.1. The molecule has 0 radical (unpaired) electrons. The Morgan fingerprint density at radius 2 is 1.39 bits per heavy atom. The van der Waals surface area contributed by atoms with E-state index in [-0.39, 0.29) is 40.9 Å². The molecule has 2 bridgehead atoms. The van der Waals surface area contributed by atoms with Gasteiger partial charge in [-0.2, -0.15) is 0 Å². The fourth-order valence-electron chi connectivity index (χ4n) is 11.1. The number of aliphatic hydroxyl groups excluding tert-OH is 1. The molecule has 3 aliphatic carbocycles. The van der Waals surface area contributed by atoms with E-state index in [0.717, 1.165) is 32.0 Å². The highest BCUT2D eigenvalue weighted by Gasteiger charge is 2.78. The van der Waals surface area contributed by atoms with Gasteiger partial charge in [-0.3, -0.25) is 19.2 Å². The Morgan fingerprint density at radius 1 is 0.778 bits per heavy atom. The number of Topliss-reactive ketones (excluding diaryl/α,β-unsaturated/α-hetero) is 1. The lowest BCUT2D eigenvalue weighted by Gasteiger charge is -2.67. The third kappa shape index (κ3) is 8.74. The van der Waals surface area contributed by atoms with Crippen molar-refractivity contribution in [3.05, 3.63) is 154 Å². The molecule has 2 saturated carbocycles. The van der Waals surface area contributed by atoms with Crippen molar-refractivity contribution in [1.29, 1.82) is 0 Å². The predicted octanol–water partition coefficient (Wildman–Crippen LogP) is 5.88. The number of carbonyl (C=O) groups excluding carboxylic acids is 7. The molecule has 1 heterocycles. The summed E-state index contributed by atoms with van der Waals surface area (Å²) >= 11 is 0. The van der Waals surface area contributed by atoms with Gasteiger partial charge in [-0.25, -0.2) is 23.2 Å². The maximum absolute atomic E-state index is 15.7. The summed E-state index contributed by atoms with van der Waals surface area (Å²) in [6, 6.07) is 24.3. The van der Waals surface area contributed by atoms with E-state index in [1.54, 1.807) is 54.6 Å². The van der Waals surface area contributed by atoms with Gasteiger partial charge in [-0.05, 0) is 67.0 Å². The topological polar surface area (TPSA) is 227 Å². The van der Waals surface area contributed by atoms with Gasteiger partial charge in [0.15, 0.2) is 29.1 Å². The van der Waals surface area contributed by atoms with Crippen LogP contribution in [0.15, 0.2) is 120 Å². The Balaban J connectivity index is 1.32. The molecule has 4 aliphatic rings. The number of carbonyl (C=O) groups is 7. The molecule has 1 saturated heterocycles. The second-order valence-electron chi connectivity index (χ2n) is 19.3. The van der Waals surface area contributed by atoms with Crippen LogP contribution >= 0.6 is 0 Å². The van der Waals surface area contributed by atoms with E-state index < -0.39 is 136 Å². The number of hydrogen-bond donors (Lipinski definition) is 3. The smallest absolute Gasteiger partial charge is 0.350 e. The Hall–Kier alpha value is -7.15. The lowest BCUT2D eigenvalue weighted by Crippen LogP contribution is -2.82. The van der Waals surface area contributed by atoms with E-state index >= 15 is 14.0 Å².